The molecule has 2 rings (SSSR count). The van der Waals surface area contributed by atoms with Crippen molar-refractivity contribution < 1.29 is 12.8 Å². The monoisotopic (exact) mass is 372 g/mol. The normalized spacial score (nSPS) is 11.4. The van der Waals surface area contributed by atoms with Crippen LogP contribution in [-0.2, 0) is 10.0 Å². The highest BCUT2D eigenvalue weighted by Gasteiger charge is 2.22. The predicted molar refractivity (Wildman–Crippen MR) is 85.2 cm³/mol. The molecule has 0 aromatic heterocycles. The summed E-state index contributed by atoms with van der Waals surface area (Å²) in [5, 5.41) is 0. The summed E-state index contributed by atoms with van der Waals surface area (Å²) in [6.07, 6.45) is 0. The van der Waals surface area contributed by atoms with Crippen molar-refractivity contribution >= 4 is 37.3 Å². The van der Waals surface area contributed by atoms with Gasteiger partial charge in [-0.15, -0.1) is 0 Å². The Bertz CT molecular complexity index is 807. The maximum absolute atomic E-state index is 14.1. The van der Waals surface area contributed by atoms with Crippen LogP contribution < -0.4 is 10.5 Å². The number of sulfonamides is 1. The van der Waals surface area contributed by atoms with Gasteiger partial charge in [0.2, 0.25) is 0 Å². The molecule has 0 saturated carbocycles. The Morgan fingerprint density at radius 2 is 1.90 bits per heavy atom. The molecular weight excluding hydrogens is 359 g/mol. The lowest BCUT2D eigenvalue weighted by molar-refractivity contribution is 0.565. The van der Waals surface area contributed by atoms with Crippen molar-refractivity contribution in [2.24, 2.45) is 0 Å². The number of aryl methyl sites for hydroxylation is 1. The van der Waals surface area contributed by atoms with Crippen LogP contribution in [0.4, 0.5) is 15.8 Å². The standard InChI is InChI=1S/C14H14BrFN2O2S/c1-8-6-10(17)7-13(14(8)16)21(19,20)18-12-5-3-4-11(15)9(12)2/h3-7,18H,17H2,1-2H3. The number of anilines is 2. The molecule has 2 aromatic rings. The second kappa shape index (κ2) is 5.65. The second-order valence-electron chi connectivity index (χ2n) is 4.67. The number of rotatable bonds is 3. The molecule has 0 saturated heterocycles. The van der Waals surface area contributed by atoms with Gasteiger partial charge in [-0.05, 0) is 49.2 Å². The first-order valence-corrected chi connectivity index (χ1v) is 8.33. The number of nitrogens with one attached hydrogen (secondary N) is 1. The number of benzene rings is 2. The molecule has 21 heavy (non-hydrogen) atoms. The molecule has 2 aromatic carbocycles. The van der Waals surface area contributed by atoms with E-state index in [0.29, 0.717) is 11.3 Å². The van der Waals surface area contributed by atoms with E-state index in [1.807, 2.05) is 0 Å². The summed E-state index contributed by atoms with van der Waals surface area (Å²) in [5.74, 6) is -0.802. The number of hydrogen-bond acceptors (Lipinski definition) is 3. The molecule has 0 spiro atoms. The predicted octanol–water partition coefficient (Wildman–Crippen LogP) is 3.59. The molecule has 4 nitrogen and oxygen atoms in total. The van der Waals surface area contributed by atoms with E-state index >= 15 is 0 Å². The highest BCUT2D eigenvalue weighted by molar-refractivity contribution is 9.10. The van der Waals surface area contributed by atoms with Crippen molar-refractivity contribution in [1.82, 2.24) is 0 Å². The Morgan fingerprint density at radius 3 is 2.57 bits per heavy atom. The first-order valence-electron chi connectivity index (χ1n) is 6.06. The van der Waals surface area contributed by atoms with Gasteiger partial charge >= 0.3 is 0 Å². The molecular formula is C14H14BrFN2O2S. The van der Waals surface area contributed by atoms with Gasteiger partial charge in [0.05, 0.1) is 5.69 Å². The van der Waals surface area contributed by atoms with Crippen molar-refractivity contribution in [3.8, 4) is 0 Å². The molecule has 0 unspecified atom stereocenters. The molecule has 7 heteroatoms. The molecule has 112 valence electrons. The average Bonchev–Trinajstić information content (AvgIpc) is 2.39. The molecule has 0 aliphatic heterocycles. The van der Waals surface area contributed by atoms with Gasteiger partial charge in [0, 0.05) is 10.2 Å². The lowest BCUT2D eigenvalue weighted by atomic mass is 10.2. The molecule has 0 fully saturated rings. The van der Waals surface area contributed by atoms with Gasteiger partial charge in [-0.25, -0.2) is 12.8 Å². The van der Waals surface area contributed by atoms with E-state index in [2.05, 4.69) is 20.7 Å². The maximum atomic E-state index is 14.1. The van der Waals surface area contributed by atoms with Gasteiger partial charge in [-0.3, -0.25) is 4.72 Å². The van der Waals surface area contributed by atoms with Crippen LogP contribution in [0.3, 0.4) is 0 Å². The Morgan fingerprint density at radius 1 is 1.24 bits per heavy atom. The SMILES string of the molecule is Cc1cc(N)cc(S(=O)(=O)Nc2cccc(Br)c2C)c1F. The van der Waals surface area contributed by atoms with Gasteiger partial charge in [0.1, 0.15) is 10.7 Å². The highest BCUT2D eigenvalue weighted by Crippen LogP contribution is 2.28. The van der Waals surface area contributed by atoms with Gasteiger partial charge in [0.25, 0.3) is 10.0 Å². The zero-order valence-electron chi connectivity index (χ0n) is 11.4. The number of halogens is 2. The molecule has 0 amide bonds. The zero-order chi connectivity index (χ0) is 15.8. The van der Waals surface area contributed by atoms with Crippen LogP contribution in [0.1, 0.15) is 11.1 Å². The summed E-state index contributed by atoms with van der Waals surface area (Å²) in [5.41, 5.74) is 7.07. The minimum Gasteiger partial charge on any atom is -0.399 e. The van der Waals surface area contributed by atoms with Crippen LogP contribution in [0.5, 0.6) is 0 Å². The van der Waals surface area contributed by atoms with E-state index in [0.717, 1.165) is 10.5 Å². The van der Waals surface area contributed by atoms with E-state index in [1.165, 1.54) is 13.0 Å². The molecule has 0 heterocycles. The van der Waals surface area contributed by atoms with E-state index in [9.17, 15) is 12.8 Å². The third-order valence-electron chi connectivity index (χ3n) is 3.05. The van der Waals surface area contributed by atoms with Gasteiger partial charge < -0.3 is 5.73 Å². The second-order valence-corrected chi connectivity index (χ2v) is 7.17. The fourth-order valence-corrected chi connectivity index (χ4v) is 3.55. The average molecular weight is 373 g/mol. The fraction of sp³-hybridized carbons (Fsp3) is 0.143. The third kappa shape index (κ3) is 3.19. The van der Waals surface area contributed by atoms with Crippen LogP contribution in [-0.4, -0.2) is 8.42 Å². The zero-order valence-corrected chi connectivity index (χ0v) is 13.8. The molecule has 3 N–H and O–H groups in total. The van der Waals surface area contributed by atoms with E-state index < -0.39 is 20.7 Å². The molecule has 0 radical (unpaired) electrons. The van der Waals surface area contributed by atoms with E-state index in [-0.39, 0.29) is 11.3 Å². The largest absolute Gasteiger partial charge is 0.399 e. The van der Waals surface area contributed by atoms with Crippen molar-refractivity contribution in [2.75, 3.05) is 10.5 Å². The number of nitrogens with two attached hydrogens (primary N) is 1. The quantitative estimate of drug-likeness (QED) is 0.808. The molecule has 0 bridgehead atoms. The molecule has 0 aliphatic carbocycles. The van der Waals surface area contributed by atoms with Crippen molar-refractivity contribution in [2.45, 2.75) is 18.7 Å². The summed E-state index contributed by atoms with van der Waals surface area (Å²) in [7, 11) is -4.05. The molecule has 0 aliphatic rings. The first kappa shape index (κ1) is 15.8. The van der Waals surface area contributed by atoms with Gasteiger partial charge in [-0.2, -0.15) is 0 Å². The lowest BCUT2D eigenvalue weighted by Gasteiger charge is -2.13. The number of nitrogen functional groups attached to an aromatic ring is 1. The van der Waals surface area contributed by atoms with Crippen LogP contribution in [0.15, 0.2) is 39.7 Å². The first-order chi connectivity index (χ1) is 9.72. The maximum Gasteiger partial charge on any atom is 0.264 e. The van der Waals surface area contributed by atoms with E-state index in [4.69, 9.17) is 5.73 Å². The summed E-state index contributed by atoms with van der Waals surface area (Å²) < 4.78 is 42.0. The van der Waals surface area contributed by atoms with Crippen LogP contribution in [0.25, 0.3) is 0 Å². The summed E-state index contributed by atoms with van der Waals surface area (Å²) in [6.45, 7) is 3.22. The van der Waals surface area contributed by atoms with Crippen LogP contribution in [0.2, 0.25) is 0 Å². The minimum atomic E-state index is -4.05. The van der Waals surface area contributed by atoms with Crippen LogP contribution >= 0.6 is 15.9 Å². The van der Waals surface area contributed by atoms with Crippen molar-refractivity contribution in [3.05, 3.63) is 51.7 Å². The van der Waals surface area contributed by atoms with Crippen LogP contribution in [0, 0.1) is 19.7 Å². The summed E-state index contributed by atoms with van der Waals surface area (Å²) >= 11 is 3.32. The van der Waals surface area contributed by atoms with Gasteiger partial charge in [0.15, 0.2) is 0 Å². The molecule has 0 atom stereocenters. The Hall–Kier alpha value is -1.60. The fourth-order valence-electron chi connectivity index (χ4n) is 1.88. The van der Waals surface area contributed by atoms with E-state index in [1.54, 1.807) is 25.1 Å². The number of hydrogen-bond donors (Lipinski definition) is 2. The van der Waals surface area contributed by atoms with Gasteiger partial charge in [-0.1, -0.05) is 22.0 Å². The summed E-state index contributed by atoms with van der Waals surface area (Å²) in [6, 6.07) is 7.58. The Labute approximate surface area is 131 Å². The Balaban J connectivity index is 2.51. The minimum absolute atomic E-state index is 0.182. The lowest BCUT2D eigenvalue weighted by Crippen LogP contribution is -2.16. The third-order valence-corrected chi connectivity index (χ3v) is 5.27. The smallest absolute Gasteiger partial charge is 0.264 e. The van der Waals surface area contributed by atoms with Crippen molar-refractivity contribution in [1.29, 1.82) is 0 Å². The van der Waals surface area contributed by atoms with Crippen molar-refractivity contribution in [3.63, 3.8) is 0 Å². The Kier molecular flexibility index (Phi) is 4.25. The topological polar surface area (TPSA) is 72.2 Å². The summed E-state index contributed by atoms with van der Waals surface area (Å²) in [4.78, 5) is -0.459. The highest BCUT2D eigenvalue weighted by atomic mass is 79.9.